The van der Waals surface area contributed by atoms with E-state index in [1.165, 1.54) is 30.5 Å². The molecule has 222 valence electrons. The van der Waals surface area contributed by atoms with Crippen LogP contribution in [0, 0.1) is 24.0 Å². The number of rotatable bonds is 5. The molecule has 2 aromatic carbocycles. The highest BCUT2D eigenvalue weighted by Crippen LogP contribution is 2.41. The number of fused-ring (bicyclic) bond motifs is 3. The molecule has 0 unspecified atom stereocenters. The molecule has 7 rings (SSSR count). The van der Waals surface area contributed by atoms with Crippen molar-refractivity contribution < 1.29 is 27.9 Å². The Balaban J connectivity index is 1.38. The molecule has 4 aromatic rings. The van der Waals surface area contributed by atoms with E-state index in [0.717, 1.165) is 38.6 Å². The van der Waals surface area contributed by atoms with Crippen LogP contribution in [0.1, 0.15) is 44.1 Å². The average molecular weight is 590 g/mol. The van der Waals surface area contributed by atoms with Gasteiger partial charge >= 0.3 is 6.01 Å². The Kier molecular flexibility index (Phi) is 6.98. The molecule has 2 aromatic heterocycles. The van der Waals surface area contributed by atoms with Gasteiger partial charge in [-0.1, -0.05) is 12.0 Å². The molecule has 0 aliphatic carbocycles. The highest BCUT2D eigenvalue weighted by molar-refractivity contribution is 6.03. The normalized spacial score (nSPS) is 22.6. The maximum atomic E-state index is 16.6. The summed E-state index contributed by atoms with van der Waals surface area (Å²) in [5.74, 6) is 1.04. The van der Waals surface area contributed by atoms with Gasteiger partial charge in [-0.25, -0.2) is 18.2 Å². The highest BCUT2D eigenvalue weighted by atomic mass is 19.1. The summed E-state index contributed by atoms with van der Waals surface area (Å²) in [5, 5.41) is 13.1. The largest absolute Gasteiger partial charge is 0.508 e. The van der Waals surface area contributed by atoms with Crippen LogP contribution in [0.3, 0.4) is 0 Å². The molecule has 3 fully saturated rings. The van der Waals surface area contributed by atoms with Crippen LogP contribution in [0.2, 0.25) is 0 Å². The molecule has 0 amide bonds. The van der Waals surface area contributed by atoms with E-state index in [1.54, 1.807) is 5.06 Å². The maximum absolute atomic E-state index is 16.6. The van der Waals surface area contributed by atoms with Gasteiger partial charge in [0.2, 0.25) is 0 Å². The molecule has 2 atom stereocenters. The number of pyridine rings is 1. The molecule has 3 aliphatic rings. The molecule has 3 saturated heterocycles. The van der Waals surface area contributed by atoms with Crippen LogP contribution < -0.4 is 9.80 Å². The van der Waals surface area contributed by atoms with E-state index in [4.69, 9.17) is 16.0 Å². The summed E-state index contributed by atoms with van der Waals surface area (Å²) in [6.45, 7) is 2.34. The fourth-order valence-corrected chi connectivity index (χ4v) is 6.81. The molecule has 0 bridgehead atoms. The summed E-state index contributed by atoms with van der Waals surface area (Å²) in [5.41, 5.74) is -0.643. The smallest absolute Gasteiger partial charge is 0.319 e. The lowest BCUT2D eigenvalue weighted by molar-refractivity contribution is 0.105. The maximum Gasteiger partial charge on any atom is 0.319 e. The standard InChI is InChI=1S/C32H30F3N5O3/c1-2-22-25(34)8-7-19-13-21(41)14-23(26(19)22)28-27(35)29-24(16-36-28)30(40-11-4-3-5-12-43-40)38-31(37-29)42-18-32-9-6-10-39(32)17-20(33)15-32/h1,7-8,13-14,16,20,41H,3-6,9-12,15,17-18H2/t20-,32+/m1/s1. The fourth-order valence-electron chi connectivity index (χ4n) is 6.81. The molecular weight excluding hydrogens is 559 g/mol. The second kappa shape index (κ2) is 10.8. The summed E-state index contributed by atoms with van der Waals surface area (Å²) in [6.07, 6.45) is 11.0. The molecule has 43 heavy (non-hydrogen) atoms. The van der Waals surface area contributed by atoms with E-state index in [1.807, 2.05) is 0 Å². The number of aromatic nitrogens is 3. The molecule has 0 saturated carbocycles. The number of phenolic OH excluding ortho intramolecular Hbond substituents is 1. The third-order valence-corrected chi connectivity index (χ3v) is 8.81. The van der Waals surface area contributed by atoms with Gasteiger partial charge < -0.3 is 9.84 Å². The van der Waals surface area contributed by atoms with Crippen molar-refractivity contribution in [3.8, 4) is 35.4 Å². The second-order valence-electron chi connectivity index (χ2n) is 11.5. The number of anilines is 1. The lowest BCUT2D eigenvalue weighted by atomic mass is 9.95. The van der Waals surface area contributed by atoms with Crippen molar-refractivity contribution in [2.75, 3.05) is 37.9 Å². The van der Waals surface area contributed by atoms with Crippen molar-refractivity contribution in [2.24, 2.45) is 0 Å². The fraction of sp³-hybridized carbons (Fsp3) is 0.406. The van der Waals surface area contributed by atoms with Crippen LogP contribution in [0.15, 0.2) is 30.5 Å². The van der Waals surface area contributed by atoms with E-state index < -0.39 is 23.3 Å². The lowest BCUT2D eigenvalue weighted by Gasteiger charge is -2.31. The van der Waals surface area contributed by atoms with Crippen molar-refractivity contribution in [2.45, 2.75) is 50.2 Å². The first-order chi connectivity index (χ1) is 20.9. The molecule has 8 nitrogen and oxygen atoms in total. The van der Waals surface area contributed by atoms with Crippen molar-refractivity contribution >= 4 is 27.5 Å². The number of ether oxygens (including phenoxy) is 1. The minimum atomic E-state index is -0.927. The number of hydrogen-bond donors (Lipinski definition) is 1. The summed E-state index contributed by atoms with van der Waals surface area (Å²) in [6, 6.07) is 5.34. The molecular formula is C32H30F3N5O3. The zero-order valence-electron chi connectivity index (χ0n) is 23.5. The third-order valence-electron chi connectivity index (χ3n) is 8.81. The first-order valence-corrected chi connectivity index (χ1v) is 14.6. The SMILES string of the molecule is C#Cc1c(F)ccc2cc(O)cc(-c3ncc4c(N5CCCCCO5)nc(OC[C@@]56CCCN5C[C@H](F)C6)nc4c3F)c12. The zero-order chi connectivity index (χ0) is 29.7. The first-order valence-electron chi connectivity index (χ1n) is 14.6. The van der Waals surface area contributed by atoms with Crippen molar-refractivity contribution in [1.82, 2.24) is 19.9 Å². The third kappa shape index (κ3) is 4.79. The van der Waals surface area contributed by atoms with E-state index in [0.29, 0.717) is 42.7 Å². The molecule has 0 radical (unpaired) electrons. The van der Waals surface area contributed by atoms with E-state index in [-0.39, 0.29) is 46.1 Å². The number of alkyl halides is 1. The molecule has 5 heterocycles. The van der Waals surface area contributed by atoms with Crippen molar-refractivity contribution in [3.05, 3.63) is 47.7 Å². The van der Waals surface area contributed by atoms with E-state index in [2.05, 4.69) is 25.8 Å². The number of aromatic hydroxyl groups is 1. The minimum Gasteiger partial charge on any atom is -0.508 e. The van der Waals surface area contributed by atoms with Gasteiger partial charge in [0, 0.05) is 36.7 Å². The molecule has 11 heteroatoms. The van der Waals surface area contributed by atoms with E-state index >= 15 is 4.39 Å². The van der Waals surface area contributed by atoms with Crippen LogP contribution in [-0.2, 0) is 4.84 Å². The highest BCUT2D eigenvalue weighted by Gasteiger charge is 2.49. The van der Waals surface area contributed by atoms with Gasteiger partial charge in [-0.2, -0.15) is 9.97 Å². The molecule has 0 spiro atoms. The zero-order valence-corrected chi connectivity index (χ0v) is 23.5. The minimum absolute atomic E-state index is 0.0638. The predicted octanol–water partition coefficient (Wildman–Crippen LogP) is 5.69. The number of hydrogen-bond acceptors (Lipinski definition) is 8. The quantitative estimate of drug-likeness (QED) is 0.298. The summed E-state index contributed by atoms with van der Waals surface area (Å²) >= 11 is 0. The van der Waals surface area contributed by atoms with Crippen molar-refractivity contribution in [3.63, 3.8) is 0 Å². The Hall–Kier alpha value is -4.14. The molecule has 3 aliphatic heterocycles. The number of nitrogens with zero attached hydrogens (tertiary/aromatic N) is 5. The number of halogens is 3. The number of terminal acetylenes is 1. The Labute approximate surface area is 246 Å². The van der Waals surface area contributed by atoms with Gasteiger partial charge in [-0.05, 0) is 62.2 Å². The Bertz CT molecular complexity index is 1770. The lowest BCUT2D eigenvalue weighted by Crippen LogP contribution is -2.43. The summed E-state index contributed by atoms with van der Waals surface area (Å²) < 4.78 is 51.9. The van der Waals surface area contributed by atoms with Crippen LogP contribution in [-0.4, -0.2) is 69.5 Å². The summed E-state index contributed by atoms with van der Waals surface area (Å²) in [4.78, 5) is 21.6. The van der Waals surface area contributed by atoms with Crippen LogP contribution in [0.5, 0.6) is 11.8 Å². The van der Waals surface area contributed by atoms with Crippen LogP contribution >= 0.6 is 0 Å². The number of benzene rings is 2. The van der Waals surface area contributed by atoms with Gasteiger partial charge in [-0.15, -0.1) is 6.42 Å². The van der Waals surface area contributed by atoms with Gasteiger partial charge in [0.05, 0.1) is 23.1 Å². The molecule has 1 N–H and O–H groups in total. The van der Waals surface area contributed by atoms with Crippen molar-refractivity contribution in [1.29, 1.82) is 0 Å². The first kappa shape index (κ1) is 27.7. The van der Waals surface area contributed by atoms with Gasteiger partial charge in [0.15, 0.2) is 11.6 Å². The Morgan fingerprint density at radius 3 is 2.88 bits per heavy atom. The number of phenols is 1. The van der Waals surface area contributed by atoms with E-state index in [9.17, 15) is 13.9 Å². The topological polar surface area (TPSA) is 83.8 Å². The number of hydroxylamine groups is 1. The monoisotopic (exact) mass is 589 g/mol. The second-order valence-corrected chi connectivity index (χ2v) is 11.5. The van der Waals surface area contributed by atoms with Gasteiger partial charge in [0.1, 0.15) is 35.6 Å². The average Bonchev–Trinajstić information content (AvgIpc) is 3.37. The van der Waals surface area contributed by atoms with Crippen LogP contribution in [0.25, 0.3) is 32.9 Å². The van der Waals surface area contributed by atoms with Gasteiger partial charge in [-0.3, -0.25) is 14.7 Å². The van der Waals surface area contributed by atoms with Gasteiger partial charge in [0.25, 0.3) is 0 Å². The predicted molar refractivity (Wildman–Crippen MR) is 155 cm³/mol. The Morgan fingerprint density at radius 1 is 1.14 bits per heavy atom. The van der Waals surface area contributed by atoms with Crippen LogP contribution in [0.4, 0.5) is 19.0 Å². The summed E-state index contributed by atoms with van der Waals surface area (Å²) in [7, 11) is 0. The Morgan fingerprint density at radius 2 is 2.02 bits per heavy atom.